The fourth-order valence-corrected chi connectivity index (χ4v) is 4.82. The van der Waals surface area contributed by atoms with Crippen molar-refractivity contribution in [2.75, 3.05) is 39.3 Å². The monoisotopic (exact) mass is 265 g/mol. The Bertz CT molecular complexity index is 282. The Kier molecular flexibility index (Phi) is 4.45. The summed E-state index contributed by atoms with van der Waals surface area (Å²) in [5, 5.41) is 0. The summed E-state index contributed by atoms with van der Waals surface area (Å²) in [6, 6.07) is 0.615. The van der Waals surface area contributed by atoms with Gasteiger partial charge in [0, 0.05) is 45.3 Å². The highest BCUT2D eigenvalue weighted by molar-refractivity contribution is 4.92. The van der Waals surface area contributed by atoms with E-state index >= 15 is 0 Å². The van der Waals surface area contributed by atoms with Crippen LogP contribution >= 0.6 is 0 Å². The first kappa shape index (κ1) is 13.8. The summed E-state index contributed by atoms with van der Waals surface area (Å²) in [7, 11) is 0. The van der Waals surface area contributed by atoms with Crippen LogP contribution in [0.15, 0.2) is 0 Å². The smallest absolute Gasteiger partial charge is 0.0216 e. The molecule has 3 aliphatic rings. The van der Waals surface area contributed by atoms with Crippen molar-refractivity contribution in [1.29, 1.82) is 0 Å². The van der Waals surface area contributed by atoms with Crippen molar-refractivity contribution < 1.29 is 0 Å². The van der Waals surface area contributed by atoms with Gasteiger partial charge in [0.15, 0.2) is 0 Å². The molecule has 0 aromatic carbocycles. The molecule has 2 N–H and O–H groups in total. The van der Waals surface area contributed by atoms with Gasteiger partial charge >= 0.3 is 0 Å². The maximum Gasteiger partial charge on any atom is 0.0216 e. The topological polar surface area (TPSA) is 32.5 Å². The van der Waals surface area contributed by atoms with Crippen LogP contribution in [0.5, 0.6) is 0 Å². The number of fused-ring (bicyclic) bond motifs is 2. The second-order valence-corrected chi connectivity index (χ2v) is 7.07. The largest absolute Gasteiger partial charge is 0.329 e. The van der Waals surface area contributed by atoms with Crippen LogP contribution in [0.2, 0.25) is 0 Å². The zero-order valence-electron chi connectivity index (χ0n) is 12.6. The Labute approximate surface area is 118 Å². The number of hydrogen-bond acceptors (Lipinski definition) is 3. The predicted octanol–water partition coefficient (Wildman–Crippen LogP) is 1.78. The van der Waals surface area contributed by atoms with Crippen LogP contribution in [0.4, 0.5) is 0 Å². The maximum atomic E-state index is 5.87. The molecule has 0 aromatic rings. The highest BCUT2D eigenvalue weighted by Crippen LogP contribution is 2.48. The van der Waals surface area contributed by atoms with Crippen LogP contribution in [0.1, 0.15) is 39.0 Å². The lowest BCUT2D eigenvalue weighted by Gasteiger charge is -2.40. The molecule has 1 saturated heterocycles. The Morgan fingerprint density at radius 1 is 1.11 bits per heavy atom. The average Bonchev–Trinajstić information content (AvgIpc) is 3.04. The van der Waals surface area contributed by atoms with Gasteiger partial charge in [0.1, 0.15) is 0 Å². The van der Waals surface area contributed by atoms with Gasteiger partial charge in [-0.3, -0.25) is 4.90 Å². The molecule has 0 spiro atoms. The molecular weight excluding hydrogens is 234 g/mol. The first-order chi connectivity index (χ1) is 9.30. The summed E-state index contributed by atoms with van der Waals surface area (Å²) in [4.78, 5) is 5.34. The second-order valence-electron chi connectivity index (χ2n) is 7.07. The van der Waals surface area contributed by atoms with E-state index in [9.17, 15) is 0 Å². The highest BCUT2D eigenvalue weighted by atomic mass is 15.3. The number of nitrogens with zero attached hydrogens (tertiary/aromatic N) is 2. The lowest BCUT2D eigenvalue weighted by atomic mass is 9.88. The first-order valence-corrected chi connectivity index (χ1v) is 8.46. The molecule has 0 radical (unpaired) electrons. The second kappa shape index (κ2) is 6.11. The van der Waals surface area contributed by atoms with Crippen molar-refractivity contribution in [1.82, 2.24) is 9.80 Å². The molecule has 2 saturated carbocycles. The van der Waals surface area contributed by atoms with Crippen molar-refractivity contribution >= 4 is 0 Å². The van der Waals surface area contributed by atoms with E-state index in [2.05, 4.69) is 16.7 Å². The molecule has 0 amide bonds. The number of piperazine rings is 1. The van der Waals surface area contributed by atoms with Crippen molar-refractivity contribution in [3.8, 4) is 0 Å². The molecule has 2 bridgehead atoms. The van der Waals surface area contributed by atoms with Gasteiger partial charge in [0.05, 0.1) is 0 Å². The predicted molar refractivity (Wildman–Crippen MR) is 80.1 cm³/mol. The molecule has 2 aliphatic carbocycles. The van der Waals surface area contributed by atoms with Crippen molar-refractivity contribution in [3.05, 3.63) is 0 Å². The van der Waals surface area contributed by atoms with Crippen molar-refractivity contribution in [3.63, 3.8) is 0 Å². The minimum atomic E-state index is 0.615. The molecule has 4 atom stereocenters. The van der Waals surface area contributed by atoms with Gasteiger partial charge in [0.25, 0.3) is 0 Å². The van der Waals surface area contributed by atoms with E-state index in [-0.39, 0.29) is 0 Å². The van der Waals surface area contributed by atoms with E-state index in [0.717, 1.165) is 24.3 Å². The number of rotatable bonds is 5. The quantitative estimate of drug-likeness (QED) is 0.822. The van der Waals surface area contributed by atoms with Gasteiger partial charge in [-0.1, -0.05) is 13.3 Å². The standard InChI is InChI=1S/C16H31N3/c1-2-16(11-17)19-7-5-18(6-8-19)12-15-10-13-3-4-14(15)9-13/h13-16H,2-12,17H2,1H3. The van der Waals surface area contributed by atoms with E-state index in [0.29, 0.717) is 6.04 Å². The summed E-state index contributed by atoms with van der Waals surface area (Å²) in [5.74, 6) is 3.20. The summed E-state index contributed by atoms with van der Waals surface area (Å²) in [5.41, 5.74) is 5.87. The Hall–Kier alpha value is -0.120. The van der Waals surface area contributed by atoms with Gasteiger partial charge < -0.3 is 10.6 Å². The SMILES string of the molecule is CCC(CN)N1CCN(CC2CC3CCC2C3)CC1. The summed E-state index contributed by atoms with van der Waals surface area (Å²) < 4.78 is 0. The average molecular weight is 265 g/mol. The number of hydrogen-bond donors (Lipinski definition) is 1. The molecule has 3 heteroatoms. The third-order valence-corrected chi connectivity index (χ3v) is 6.04. The van der Waals surface area contributed by atoms with Crippen LogP contribution in [0.3, 0.4) is 0 Å². The zero-order valence-corrected chi connectivity index (χ0v) is 12.6. The van der Waals surface area contributed by atoms with Gasteiger partial charge in [-0.25, -0.2) is 0 Å². The van der Waals surface area contributed by atoms with E-state index in [1.165, 1.54) is 58.4 Å². The third kappa shape index (κ3) is 2.98. The summed E-state index contributed by atoms with van der Waals surface area (Å²) in [6.45, 7) is 9.47. The fraction of sp³-hybridized carbons (Fsp3) is 1.00. The molecule has 3 rings (SSSR count). The summed E-state index contributed by atoms with van der Waals surface area (Å²) >= 11 is 0. The lowest BCUT2D eigenvalue weighted by Crippen LogP contribution is -2.53. The van der Waals surface area contributed by atoms with E-state index < -0.39 is 0 Å². The van der Waals surface area contributed by atoms with Gasteiger partial charge in [-0.05, 0) is 43.4 Å². The van der Waals surface area contributed by atoms with Crippen molar-refractivity contribution in [2.24, 2.45) is 23.5 Å². The van der Waals surface area contributed by atoms with Crippen LogP contribution in [0, 0.1) is 17.8 Å². The maximum absolute atomic E-state index is 5.87. The summed E-state index contributed by atoms with van der Waals surface area (Å²) in [6.07, 6.45) is 7.34. The van der Waals surface area contributed by atoms with E-state index in [4.69, 9.17) is 5.73 Å². The van der Waals surface area contributed by atoms with E-state index in [1.54, 1.807) is 6.42 Å². The van der Waals surface area contributed by atoms with Crippen molar-refractivity contribution in [2.45, 2.75) is 45.1 Å². The Morgan fingerprint density at radius 3 is 2.42 bits per heavy atom. The highest BCUT2D eigenvalue weighted by Gasteiger charge is 2.40. The molecule has 1 aliphatic heterocycles. The van der Waals surface area contributed by atoms with Crippen LogP contribution in [0.25, 0.3) is 0 Å². The van der Waals surface area contributed by atoms with Gasteiger partial charge in [-0.15, -0.1) is 0 Å². The van der Waals surface area contributed by atoms with Crippen LogP contribution < -0.4 is 5.73 Å². The first-order valence-electron chi connectivity index (χ1n) is 8.46. The Balaban J connectivity index is 1.43. The molecule has 1 heterocycles. The molecular formula is C16H31N3. The minimum Gasteiger partial charge on any atom is -0.329 e. The molecule has 3 fully saturated rings. The third-order valence-electron chi connectivity index (χ3n) is 6.04. The van der Waals surface area contributed by atoms with Crippen LogP contribution in [-0.2, 0) is 0 Å². The molecule has 19 heavy (non-hydrogen) atoms. The van der Waals surface area contributed by atoms with Gasteiger partial charge in [-0.2, -0.15) is 0 Å². The Morgan fingerprint density at radius 2 is 1.89 bits per heavy atom. The molecule has 3 nitrogen and oxygen atoms in total. The number of nitrogens with two attached hydrogens (primary N) is 1. The van der Waals surface area contributed by atoms with Crippen LogP contribution in [-0.4, -0.2) is 55.1 Å². The fourth-order valence-electron chi connectivity index (χ4n) is 4.82. The molecule has 0 aromatic heterocycles. The molecule has 110 valence electrons. The molecule has 4 unspecified atom stereocenters. The zero-order chi connectivity index (χ0) is 13.2. The van der Waals surface area contributed by atoms with E-state index in [1.807, 2.05) is 0 Å². The normalized spacial score (nSPS) is 37.9. The lowest BCUT2D eigenvalue weighted by molar-refractivity contribution is 0.0790. The minimum absolute atomic E-state index is 0.615. The van der Waals surface area contributed by atoms with Gasteiger partial charge in [0.2, 0.25) is 0 Å².